The fourth-order valence-corrected chi connectivity index (χ4v) is 2.13. The highest BCUT2D eigenvalue weighted by Crippen LogP contribution is 2.09. The van der Waals surface area contributed by atoms with Crippen molar-refractivity contribution in [2.45, 2.75) is 58.4 Å². The van der Waals surface area contributed by atoms with E-state index in [-0.39, 0.29) is 18.4 Å². The molecule has 1 unspecified atom stereocenters. The van der Waals surface area contributed by atoms with E-state index < -0.39 is 5.97 Å². The first-order chi connectivity index (χ1) is 10.0. The van der Waals surface area contributed by atoms with Crippen molar-refractivity contribution in [1.82, 2.24) is 5.32 Å². The molecule has 0 aliphatic heterocycles. The molecule has 0 fully saturated rings. The smallest absolute Gasteiger partial charge is 0.303 e. The summed E-state index contributed by atoms with van der Waals surface area (Å²) in [6.07, 6.45) is 4.31. The lowest BCUT2D eigenvalue weighted by molar-refractivity contribution is -0.137. The lowest BCUT2D eigenvalue weighted by atomic mass is 10.0. The number of aryl methyl sites for hydroxylation is 1. The van der Waals surface area contributed by atoms with E-state index in [9.17, 15) is 9.59 Å². The summed E-state index contributed by atoms with van der Waals surface area (Å²) in [5.74, 6) is -0.895. The Morgan fingerprint density at radius 3 is 2.38 bits per heavy atom. The lowest BCUT2D eigenvalue weighted by Gasteiger charge is -2.12. The molecular weight excluding hydrogens is 266 g/mol. The van der Waals surface area contributed by atoms with Crippen LogP contribution in [0.3, 0.4) is 0 Å². The minimum atomic E-state index is -0.834. The number of unbranched alkanes of at least 4 members (excludes halogenated alkanes) is 1. The highest BCUT2D eigenvalue weighted by atomic mass is 16.4. The Hall–Kier alpha value is -1.84. The molecule has 0 saturated heterocycles. The maximum absolute atomic E-state index is 11.9. The average molecular weight is 291 g/mol. The first-order valence-electron chi connectivity index (χ1n) is 7.60. The Bertz CT molecular complexity index is 454. The van der Waals surface area contributed by atoms with Crippen molar-refractivity contribution in [3.05, 3.63) is 35.4 Å². The minimum Gasteiger partial charge on any atom is -0.481 e. The van der Waals surface area contributed by atoms with Gasteiger partial charge in [0.1, 0.15) is 0 Å². The van der Waals surface area contributed by atoms with Crippen LogP contribution in [-0.2, 0) is 22.4 Å². The zero-order valence-corrected chi connectivity index (χ0v) is 12.9. The fraction of sp³-hybridized carbons (Fsp3) is 0.529. The van der Waals surface area contributed by atoms with E-state index in [1.54, 1.807) is 0 Å². The summed E-state index contributed by atoms with van der Waals surface area (Å²) in [7, 11) is 0. The third-order valence-electron chi connectivity index (χ3n) is 3.41. The lowest BCUT2D eigenvalue weighted by Crippen LogP contribution is -2.34. The second-order valence-corrected chi connectivity index (χ2v) is 5.50. The van der Waals surface area contributed by atoms with Crippen LogP contribution in [-0.4, -0.2) is 23.0 Å². The number of hydrogen-bond acceptors (Lipinski definition) is 2. The van der Waals surface area contributed by atoms with Gasteiger partial charge in [-0.15, -0.1) is 0 Å². The molecular formula is C17H25NO3. The van der Waals surface area contributed by atoms with Crippen LogP contribution in [0.4, 0.5) is 0 Å². The van der Waals surface area contributed by atoms with Crippen LogP contribution in [0.15, 0.2) is 24.3 Å². The number of carbonyl (C=O) groups excluding carboxylic acids is 1. The van der Waals surface area contributed by atoms with Gasteiger partial charge in [-0.1, -0.05) is 37.6 Å². The van der Waals surface area contributed by atoms with E-state index in [4.69, 9.17) is 5.11 Å². The molecule has 0 aliphatic carbocycles. The van der Waals surface area contributed by atoms with Gasteiger partial charge in [-0.05, 0) is 37.3 Å². The maximum Gasteiger partial charge on any atom is 0.303 e. The van der Waals surface area contributed by atoms with Gasteiger partial charge < -0.3 is 10.4 Å². The zero-order chi connectivity index (χ0) is 15.7. The van der Waals surface area contributed by atoms with Crippen LogP contribution in [0.5, 0.6) is 0 Å². The van der Waals surface area contributed by atoms with Crippen molar-refractivity contribution in [1.29, 1.82) is 0 Å². The molecule has 1 amide bonds. The van der Waals surface area contributed by atoms with Crippen molar-refractivity contribution < 1.29 is 14.7 Å². The quantitative estimate of drug-likeness (QED) is 0.735. The predicted octanol–water partition coefficient (Wildman–Crippen LogP) is 2.94. The Kier molecular flexibility index (Phi) is 7.51. The number of nitrogens with one attached hydrogen (secondary N) is 1. The third-order valence-corrected chi connectivity index (χ3v) is 3.41. The topological polar surface area (TPSA) is 66.4 Å². The van der Waals surface area contributed by atoms with Gasteiger partial charge in [-0.25, -0.2) is 0 Å². The highest BCUT2D eigenvalue weighted by molar-refractivity contribution is 5.78. The van der Waals surface area contributed by atoms with Crippen LogP contribution in [0.2, 0.25) is 0 Å². The van der Waals surface area contributed by atoms with Gasteiger partial charge in [-0.2, -0.15) is 0 Å². The molecule has 4 heteroatoms. The van der Waals surface area contributed by atoms with Crippen LogP contribution in [0.1, 0.15) is 50.7 Å². The molecule has 1 aromatic rings. The molecule has 1 aromatic carbocycles. The van der Waals surface area contributed by atoms with Crippen LogP contribution < -0.4 is 5.32 Å². The molecule has 0 saturated carbocycles. The zero-order valence-electron chi connectivity index (χ0n) is 12.9. The number of hydrogen-bond donors (Lipinski definition) is 2. The van der Waals surface area contributed by atoms with E-state index in [0.717, 1.165) is 12.0 Å². The van der Waals surface area contributed by atoms with Crippen LogP contribution in [0.25, 0.3) is 0 Å². The molecule has 1 atom stereocenters. The monoisotopic (exact) mass is 291 g/mol. The summed E-state index contributed by atoms with van der Waals surface area (Å²) in [5.41, 5.74) is 2.29. The van der Waals surface area contributed by atoms with Crippen molar-refractivity contribution in [3.8, 4) is 0 Å². The minimum absolute atomic E-state index is 0.0609. The summed E-state index contributed by atoms with van der Waals surface area (Å²) in [5, 5.41) is 11.4. The van der Waals surface area contributed by atoms with Crippen molar-refractivity contribution in [2.24, 2.45) is 0 Å². The normalized spacial score (nSPS) is 11.9. The number of amides is 1. The Morgan fingerprint density at radius 2 is 1.81 bits per heavy atom. The number of benzene rings is 1. The number of carboxylic acid groups (broad SMARTS) is 1. The fourth-order valence-electron chi connectivity index (χ4n) is 2.13. The summed E-state index contributed by atoms with van der Waals surface area (Å²) < 4.78 is 0. The Labute approximate surface area is 126 Å². The second-order valence-electron chi connectivity index (χ2n) is 5.50. The average Bonchev–Trinajstić information content (AvgIpc) is 2.44. The number of carboxylic acids is 1. The van der Waals surface area contributed by atoms with E-state index in [2.05, 4.69) is 24.4 Å². The molecule has 0 radical (unpaired) electrons. The SMILES string of the molecule is CCCCc1ccc(CC(=O)NC(C)CCC(=O)O)cc1. The van der Waals surface area contributed by atoms with Gasteiger partial charge in [0.25, 0.3) is 0 Å². The molecule has 4 nitrogen and oxygen atoms in total. The molecule has 2 N–H and O–H groups in total. The molecule has 0 aliphatic rings. The molecule has 0 bridgehead atoms. The first-order valence-corrected chi connectivity index (χ1v) is 7.60. The molecule has 21 heavy (non-hydrogen) atoms. The van der Waals surface area contributed by atoms with Gasteiger partial charge in [-0.3, -0.25) is 9.59 Å². The Balaban J connectivity index is 2.38. The van der Waals surface area contributed by atoms with Crippen molar-refractivity contribution in [2.75, 3.05) is 0 Å². The van der Waals surface area contributed by atoms with E-state index in [0.29, 0.717) is 12.8 Å². The first kappa shape index (κ1) is 17.2. The van der Waals surface area contributed by atoms with Gasteiger partial charge in [0.2, 0.25) is 5.91 Å². The standard InChI is InChI=1S/C17H25NO3/c1-3-4-5-14-7-9-15(10-8-14)12-16(19)18-13(2)6-11-17(20)21/h7-10,13H,3-6,11-12H2,1-2H3,(H,18,19)(H,20,21). The molecule has 1 rings (SSSR count). The maximum atomic E-state index is 11.9. The number of rotatable bonds is 9. The van der Waals surface area contributed by atoms with Gasteiger partial charge >= 0.3 is 5.97 Å². The largest absolute Gasteiger partial charge is 0.481 e. The van der Waals surface area contributed by atoms with Crippen LogP contribution in [0, 0.1) is 0 Å². The van der Waals surface area contributed by atoms with Crippen LogP contribution >= 0.6 is 0 Å². The summed E-state index contributed by atoms with van der Waals surface area (Å²) in [4.78, 5) is 22.3. The van der Waals surface area contributed by atoms with E-state index in [1.165, 1.54) is 18.4 Å². The second kappa shape index (κ2) is 9.16. The summed E-state index contributed by atoms with van der Waals surface area (Å²) in [6, 6.07) is 8.02. The van der Waals surface area contributed by atoms with Gasteiger partial charge in [0.05, 0.1) is 6.42 Å². The Morgan fingerprint density at radius 1 is 1.19 bits per heavy atom. The highest BCUT2D eigenvalue weighted by Gasteiger charge is 2.09. The van der Waals surface area contributed by atoms with E-state index >= 15 is 0 Å². The predicted molar refractivity (Wildman–Crippen MR) is 83.2 cm³/mol. The molecule has 116 valence electrons. The number of aliphatic carboxylic acids is 1. The van der Waals surface area contributed by atoms with Gasteiger partial charge in [0.15, 0.2) is 0 Å². The van der Waals surface area contributed by atoms with E-state index in [1.807, 2.05) is 19.1 Å². The summed E-state index contributed by atoms with van der Waals surface area (Å²) >= 11 is 0. The molecule has 0 spiro atoms. The summed E-state index contributed by atoms with van der Waals surface area (Å²) in [6.45, 7) is 4.00. The van der Waals surface area contributed by atoms with Gasteiger partial charge in [0, 0.05) is 12.5 Å². The van der Waals surface area contributed by atoms with Crippen molar-refractivity contribution >= 4 is 11.9 Å². The molecule has 0 heterocycles. The number of carbonyl (C=O) groups is 2. The van der Waals surface area contributed by atoms with Crippen molar-refractivity contribution in [3.63, 3.8) is 0 Å². The molecule has 0 aromatic heterocycles. The third kappa shape index (κ3) is 7.49.